The number of hydrogen-bond donors (Lipinski definition) is 1. The largest absolute Gasteiger partial charge is 0.324 e. The van der Waals surface area contributed by atoms with Crippen molar-refractivity contribution in [3.05, 3.63) is 51.0 Å². The molecule has 1 aromatic carbocycles. The van der Waals surface area contributed by atoms with E-state index in [9.17, 15) is 4.39 Å². The topological polar surface area (TPSA) is 43.8 Å². The van der Waals surface area contributed by atoms with Gasteiger partial charge in [-0.1, -0.05) is 23.2 Å². The van der Waals surface area contributed by atoms with Crippen molar-refractivity contribution in [1.82, 2.24) is 9.78 Å². The Morgan fingerprint density at radius 1 is 1.42 bits per heavy atom. The van der Waals surface area contributed by atoms with Gasteiger partial charge in [0.25, 0.3) is 0 Å². The maximum absolute atomic E-state index is 13.7. The fraction of sp³-hybridized carbons (Fsp3) is 0.308. The van der Waals surface area contributed by atoms with Gasteiger partial charge in [0.15, 0.2) is 0 Å². The Labute approximate surface area is 121 Å². The summed E-state index contributed by atoms with van der Waals surface area (Å²) >= 11 is 12.0. The van der Waals surface area contributed by atoms with Crippen LogP contribution < -0.4 is 5.73 Å². The molecule has 3 nitrogen and oxygen atoms in total. The summed E-state index contributed by atoms with van der Waals surface area (Å²) in [4.78, 5) is 0. The van der Waals surface area contributed by atoms with Crippen LogP contribution in [0, 0.1) is 12.7 Å². The van der Waals surface area contributed by atoms with Gasteiger partial charge in [0.1, 0.15) is 11.0 Å². The SMILES string of the molecule is Cc1nn(C)c(Cl)c1CC(N)c1cc(Cl)ccc1F. The lowest BCUT2D eigenvalue weighted by molar-refractivity contribution is 0.580. The average Bonchev–Trinajstić information content (AvgIpc) is 2.59. The standard InChI is InChI=1S/C13H14Cl2FN3/c1-7-9(13(15)19(2)18-7)6-12(17)10-5-8(14)3-4-11(10)16/h3-5,12H,6,17H2,1-2H3. The minimum atomic E-state index is -0.515. The molecule has 0 aliphatic heterocycles. The minimum Gasteiger partial charge on any atom is -0.324 e. The van der Waals surface area contributed by atoms with Gasteiger partial charge in [0, 0.05) is 29.2 Å². The highest BCUT2D eigenvalue weighted by atomic mass is 35.5. The van der Waals surface area contributed by atoms with E-state index >= 15 is 0 Å². The van der Waals surface area contributed by atoms with Gasteiger partial charge in [0.2, 0.25) is 0 Å². The summed E-state index contributed by atoms with van der Waals surface area (Å²) in [6.07, 6.45) is 0.412. The number of rotatable bonds is 3. The number of aromatic nitrogens is 2. The molecule has 0 amide bonds. The lowest BCUT2D eigenvalue weighted by atomic mass is 10.00. The first-order valence-corrected chi connectivity index (χ1v) is 6.54. The average molecular weight is 302 g/mol. The molecule has 1 aromatic heterocycles. The van der Waals surface area contributed by atoms with Crippen LogP contribution >= 0.6 is 23.2 Å². The van der Waals surface area contributed by atoms with Crippen LogP contribution in [0.15, 0.2) is 18.2 Å². The van der Waals surface area contributed by atoms with E-state index in [0.29, 0.717) is 22.2 Å². The minimum absolute atomic E-state index is 0.366. The number of benzene rings is 1. The molecule has 0 aliphatic rings. The first-order valence-electron chi connectivity index (χ1n) is 5.78. The van der Waals surface area contributed by atoms with Crippen molar-refractivity contribution in [2.45, 2.75) is 19.4 Å². The van der Waals surface area contributed by atoms with Crippen LogP contribution in [0.25, 0.3) is 0 Å². The van der Waals surface area contributed by atoms with Crippen LogP contribution in [0.4, 0.5) is 4.39 Å². The first-order chi connectivity index (χ1) is 8.90. The van der Waals surface area contributed by atoms with Crippen LogP contribution in [0.5, 0.6) is 0 Å². The van der Waals surface area contributed by atoms with E-state index in [2.05, 4.69) is 5.10 Å². The molecule has 1 atom stereocenters. The zero-order valence-corrected chi connectivity index (χ0v) is 12.1. The molecule has 0 bridgehead atoms. The maximum Gasteiger partial charge on any atom is 0.130 e. The number of hydrogen-bond acceptors (Lipinski definition) is 2. The molecule has 2 aromatic rings. The number of nitrogens with zero attached hydrogens (tertiary/aromatic N) is 2. The van der Waals surface area contributed by atoms with Crippen LogP contribution in [-0.2, 0) is 13.5 Å². The van der Waals surface area contributed by atoms with Gasteiger partial charge in [-0.05, 0) is 31.5 Å². The van der Waals surface area contributed by atoms with Crippen molar-refractivity contribution >= 4 is 23.2 Å². The third-order valence-electron chi connectivity index (χ3n) is 3.05. The highest BCUT2D eigenvalue weighted by Crippen LogP contribution is 2.27. The van der Waals surface area contributed by atoms with Gasteiger partial charge in [-0.15, -0.1) is 0 Å². The molecule has 0 fully saturated rings. The van der Waals surface area contributed by atoms with Crippen LogP contribution in [0.3, 0.4) is 0 Å². The second kappa shape index (κ2) is 5.49. The van der Waals surface area contributed by atoms with Crippen molar-refractivity contribution in [2.24, 2.45) is 12.8 Å². The Balaban J connectivity index is 2.30. The highest BCUT2D eigenvalue weighted by Gasteiger charge is 2.18. The fourth-order valence-corrected chi connectivity index (χ4v) is 2.47. The van der Waals surface area contributed by atoms with Crippen molar-refractivity contribution < 1.29 is 4.39 Å². The van der Waals surface area contributed by atoms with E-state index in [-0.39, 0.29) is 5.82 Å². The van der Waals surface area contributed by atoms with Crippen molar-refractivity contribution in [2.75, 3.05) is 0 Å². The Morgan fingerprint density at radius 2 is 2.11 bits per heavy atom. The lowest BCUT2D eigenvalue weighted by Crippen LogP contribution is -2.15. The van der Waals surface area contributed by atoms with Gasteiger partial charge >= 0.3 is 0 Å². The summed E-state index contributed by atoms with van der Waals surface area (Å²) in [5.74, 6) is -0.366. The molecule has 0 aliphatic carbocycles. The molecule has 19 heavy (non-hydrogen) atoms. The Bertz CT molecular complexity index is 610. The quantitative estimate of drug-likeness (QED) is 0.944. The molecule has 0 radical (unpaired) electrons. The Morgan fingerprint density at radius 3 is 2.68 bits per heavy atom. The molecule has 1 unspecified atom stereocenters. The molecule has 2 N–H and O–H groups in total. The molecule has 0 spiro atoms. The third-order valence-corrected chi connectivity index (χ3v) is 3.76. The molecule has 102 valence electrons. The maximum atomic E-state index is 13.7. The number of nitrogens with two attached hydrogens (primary N) is 1. The van der Waals surface area contributed by atoms with Gasteiger partial charge in [-0.3, -0.25) is 4.68 Å². The number of aryl methyl sites for hydroxylation is 2. The predicted molar refractivity (Wildman–Crippen MR) is 75.0 cm³/mol. The summed E-state index contributed by atoms with van der Waals surface area (Å²) in [5.41, 5.74) is 8.06. The van der Waals surface area contributed by atoms with Crippen LogP contribution in [-0.4, -0.2) is 9.78 Å². The zero-order chi connectivity index (χ0) is 14.2. The molecule has 0 saturated carbocycles. The van der Waals surface area contributed by atoms with Crippen molar-refractivity contribution in [3.63, 3.8) is 0 Å². The van der Waals surface area contributed by atoms with E-state index in [1.807, 2.05) is 6.92 Å². The monoisotopic (exact) mass is 301 g/mol. The van der Waals surface area contributed by atoms with E-state index in [1.54, 1.807) is 17.8 Å². The highest BCUT2D eigenvalue weighted by molar-refractivity contribution is 6.30. The van der Waals surface area contributed by atoms with Crippen molar-refractivity contribution in [1.29, 1.82) is 0 Å². The van der Waals surface area contributed by atoms with Gasteiger partial charge in [0.05, 0.1) is 5.69 Å². The van der Waals surface area contributed by atoms with Crippen molar-refractivity contribution in [3.8, 4) is 0 Å². The molecule has 0 saturated heterocycles. The normalized spacial score (nSPS) is 12.7. The Hall–Kier alpha value is -1.10. The number of halogens is 3. The zero-order valence-electron chi connectivity index (χ0n) is 10.6. The smallest absolute Gasteiger partial charge is 0.130 e. The predicted octanol–water partition coefficient (Wildman–Crippen LogP) is 3.42. The lowest BCUT2D eigenvalue weighted by Gasteiger charge is -2.13. The summed E-state index contributed by atoms with van der Waals surface area (Å²) < 4.78 is 15.3. The van der Waals surface area contributed by atoms with E-state index in [0.717, 1.165) is 11.3 Å². The van der Waals surface area contributed by atoms with Crippen LogP contribution in [0.2, 0.25) is 10.2 Å². The molecule has 6 heteroatoms. The third kappa shape index (κ3) is 2.91. The molecular formula is C13H14Cl2FN3. The first kappa shape index (κ1) is 14.3. The summed E-state index contributed by atoms with van der Waals surface area (Å²) in [5, 5.41) is 5.19. The molecular weight excluding hydrogens is 288 g/mol. The van der Waals surface area contributed by atoms with Gasteiger partial charge in [-0.25, -0.2) is 4.39 Å². The molecule has 2 rings (SSSR count). The fourth-order valence-electron chi connectivity index (χ4n) is 2.03. The second-order valence-corrected chi connectivity index (χ2v) is 5.25. The summed E-state index contributed by atoms with van der Waals surface area (Å²) in [6, 6.07) is 3.84. The summed E-state index contributed by atoms with van der Waals surface area (Å²) in [7, 11) is 1.75. The van der Waals surface area contributed by atoms with E-state index in [4.69, 9.17) is 28.9 Å². The van der Waals surface area contributed by atoms with Crippen LogP contribution in [0.1, 0.15) is 22.9 Å². The Kier molecular flexibility index (Phi) is 4.13. The second-order valence-electron chi connectivity index (χ2n) is 4.45. The van der Waals surface area contributed by atoms with E-state index < -0.39 is 6.04 Å². The molecule has 1 heterocycles. The van der Waals surface area contributed by atoms with E-state index in [1.165, 1.54) is 12.1 Å². The van der Waals surface area contributed by atoms with Gasteiger partial charge < -0.3 is 5.73 Å². The summed E-state index contributed by atoms with van der Waals surface area (Å²) in [6.45, 7) is 1.85. The van der Waals surface area contributed by atoms with Gasteiger partial charge in [-0.2, -0.15) is 5.10 Å².